The summed E-state index contributed by atoms with van der Waals surface area (Å²) in [6, 6.07) is 4.43. The van der Waals surface area contributed by atoms with Crippen LogP contribution in [-0.2, 0) is 0 Å². The maximum absolute atomic E-state index is 4.50. The van der Waals surface area contributed by atoms with Crippen LogP contribution in [0.25, 0.3) is 0 Å². The Morgan fingerprint density at radius 3 is 2.83 bits per heavy atom. The molecule has 1 aliphatic rings. The summed E-state index contributed by atoms with van der Waals surface area (Å²) in [5.74, 6) is 0.942. The Kier molecular flexibility index (Phi) is 5.64. The van der Waals surface area contributed by atoms with Crippen molar-refractivity contribution in [3.05, 3.63) is 28.5 Å². The molecule has 0 aliphatic heterocycles. The van der Waals surface area contributed by atoms with E-state index in [0.717, 1.165) is 16.1 Å². The van der Waals surface area contributed by atoms with Crippen molar-refractivity contribution >= 4 is 15.9 Å². The average molecular weight is 311 g/mol. The summed E-state index contributed by atoms with van der Waals surface area (Å²) in [5.41, 5.74) is 1.15. The summed E-state index contributed by atoms with van der Waals surface area (Å²) in [6.45, 7) is 0. The van der Waals surface area contributed by atoms with Gasteiger partial charge in [0, 0.05) is 10.7 Å². The number of hydrogen-bond acceptors (Lipinski definition) is 2. The summed E-state index contributed by atoms with van der Waals surface area (Å²) in [6.07, 6.45) is 11.6. The molecule has 1 aromatic heterocycles. The van der Waals surface area contributed by atoms with Crippen molar-refractivity contribution in [3.8, 4) is 0 Å². The Hall–Kier alpha value is -0.410. The Bertz CT molecular complexity index is 361. The van der Waals surface area contributed by atoms with E-state index in [1.165, 1.54) is 44.9 Å². The summed E-state index contributed by atoms with van der Waals surface area (Å²) >= 11 is 3.60. The summed E-state index contributed by atoms with van der Waals surface area (Å²) in [4.78, 5) is 4.50. The Morgan fingerprint density at radius 1 is 1.39 bits per heavy atom. The van der Waals surface area contributed by atoms with Crippen molar-refractivity contribution in [2.75, 3.05) is 7.05 Å². The average Bonchev–Trinajstić information content (AvgIpc) is 2.42. The zero-order valence-electron chi connectivity index (χ0n) is 11.2. The van der Waals surface area contributed by atoms with Crippen LogP contribution in [0.3, 0.4) is 0 Å². The second-order valence-corrected chi connectivity index (χ2v) is 6.15. The minimum absolute atomic E-state index is 0.377. The van der Waals surface area contributed by atoms with Gasteiger partial charge in [0.1, 0.15) is 0 Å². The van der Waals surface area contributed by atoms with Crippen LogP contribution in [0.2, 0.25) is 0 Å². The smallest absolute Gasteiger partial charge is 0.0714 e. The molecule has 0 bridgehead atoms. The first-order valence-corrected chi connectivity index (χ1v) is 7.88. The first-order valence-electron chi connectivity index (χ1n) is 7.09. The van der Waals surface area contributed by atoms with Crippen molar-refractivity contribution < 1.29 is 0 Å². The van der Waals surface area contributed by atoms with Crippen molar-refractivity contribution in [3.63, 3.8) is 0 Å². The van der Waals surface area contributed by atoms with E-state index in [1.54, 1.807) is 0 Å². The second kappa shape index (κ2) is 7.25. The van der Waals surface area contributed by atoms with Crippen LogP contribution >= 0.6 is 15.9 Å². The number of nitrogens with zero attached hydrogens (tertiary/aromatic N) is 1. The highest BCUT2D eigenvalue weighted by Crippen LogP contribution is 2.31. The van der Waals surface area contributed by atoms with Gasteiger partial charge < -0.3 is 5.32 Å². The molecule has 1 N–H and O–H groups in total. The predicted molar refractivity (Wildman–Crippen MR) is 79.5 cm³/mol. The second-order valence-electron chi connectivity index (χ2n) is 5.29. The molecule has 2 rings (SSSR count). The molecule has 0 saturated heterocycles. The summed E-state index contributed by atoms with van der Waals surface area (Å²) < 4.78 is 1.12. The number of nitrogens with one attached hydrogen (secondary N) is 1. The SMILES string of the molecule is CNC(CCC1CCCCC1)c1ncccc1Br. The van der Waals surface area contributed by atoms with Gasteiger partial charge in [-0.25, -0.2) is 0 Å². The Labute approximate surface area is 119 Å². The molecule has 1 atom stereocenters. The lowest BCUT2D eigenvalue weighted by Crippen LogP contribution is -2.19. The fourth-order valence-corrected chi connectivity index (χ4v) is 3.48. The number of rotatable bonds is 5. The largest absolute Gasteiger partial charge is 0.312 e. The third-order valence-corrected chi connectivity index (χ3v) is 4.72. The molecule has 2 nitrogen and oxygen atoms in total. The Balaban J connectivity index is 1.91. The van der Waals surface area contributed by atoms with E-state index in [-0.39, 0.29) is 0 Å². The van der Waals surface area contributed by atoms with E-state index in [0.29, 0.717) is 6.04 Å². The zero-order valence-corrected chi connectivity index (χ0v) is 12.7. The lowest BCUT2D eigenvalue weighted by Gasteiger charge is -2.24. The van der Waals surface area contributed by atoms with Crippen LogP contribution in [-0.4, -0.2) is 12.0 Å². The molecule has 100 valence electrons. The van der Waals surface area contributed by atoms with Crippen LogP contribution in [0.1, 0.15) is 56.7 Å². The highest BCUT2D eigenvalue weighted by Gasteiger charge is 2.18. The highest BCUT2D eigenvalue weighted by molar-refractivity contribution is 9.10. The summed E-state index contributed by atoms with van der Waals surface area (Å²) in [7, 11) is 2.03. The van der Waals surface area contributed by atoms with Gasteiger partial charge in [-0.3, -0.25) is 4.98 Å². The molecule has 0 aromatic carbocycles. The first-order chi connectivity index (χ1) is 8.81. The maximum atomic E-state index is 4.50. The molecule has 1 aliphatic carbocycles. The molecule has 3 heteroatoms. The zero-order chi connectivity index (χ0) is 12.8. The van der Waals surface area contributed by atoms with E-state index in [4.69, 9.17) is 0 Å². The third-order valence-electron chi connectivity index (χ3n) is 4.05. The van der Waals surface area contributed by atoms with E-state index >= 15 is 0 Å². The van der Waals surface area contributed by atoms with Crippen molar-refractivity contribution in [1.29, 1.82) is 0 Å². The van der Waals surface area contributed by atoms with Gasteiger partial charge in [0.25, 0.3) is 0 Å². The fraction of sp³-hybridized carbons (Fsp3) is 0.667. The van der Waals surface area contributed by atoms with Crippen molar-refractivity contribution in [2.45, 2.75) is 51.0 Å². The minimum Gasteiger partial charge on any atom is -0.312 e. The van der Waals surface area contributed by atoms with Crippen LogP contribution in [0, 0.1) is 5.92 Å². The lowest BCUT2D eigenvalue weighted by atomic mass is 9.85. The van der Waals surface area contributed by atoms with Crippen molar-refractivity contribution in [2.24, 2.45) is 5.92 Å². The third kappa shape index (κ3) is 3.79. The molecule has 1 heterocycles. The van der Waals surface area contributed by atoms with Gasteiger partial charge in [-0.1, -0.05) is 32.1 Å². The molecule has 1 saturated carbocycles. The fourth-order valence-electron chi connectivity index (χ4n) is 2.95. The van der Waals surface area contributed by atoms with E-state index in [2.05, 4.69) is 32.3 Å². The van der Waals surface area contributed by atoms with Gasteiger partial charge in [-0.2, -0.15) is 0 Å². The highest BCUT2D eigenvalue weighted by atomic mass is 79.9. The number of halogens is 1. The monoisotopic (exact) mass is 310 g/mol. The van der Waals surface area contributed by atoms with E-state index in [1.807, 2.05) is 19.3 Å². The van der Waals surface area contributed by atoms with Crippen LogP contribution < -0.4 is 5.32 Å². The molecule has 18 heavy (non-hydrogen) atoms. The molecule has 0 radical (unpaired) electrons. The van der Waals surface area contributed by atoms with Crippen molar-refractivity contribution in [1.82, 2.24) is 10.3 Å². The van der Waals surface area contributed by atoms with E-state index in [9.17, 15) is 0 Å². The van der Waals surface area contributed by atoms with Crippen LogP contribution in [0.5, 0.6) is 0 Å². The molecular formula is C15H23BrN2. The van der Waals surface area contributed by atoms with Gasteiger partial charge in [0.15, 0.2) is 0 Å². The lowest BCUT2D eigenvalue weighted by molar-refractivity contribution is 0.316. The standard InChI is InChI=1S/C15H23BrN2/c1-17-14(15-13(16)8-5-11-18-15)10-9-12-6-3-2-4-7-12/h5,8,11-12,14,17H,2-4,6-7,9-10H2,1H3. The molecule has 1 fully saturated rings. The summed E-state index contributed by atoms with van der Waals surface area (Å²) in [5, 5.41) is 3.41. The molecule has 1 unspecified atom stereocenters. The first kappa shape index (κ1) is 14.0. The molecule has 0 amide bonds. The van der Waals surface area contributed by atoms with Crippen LogP contribution in [0.15, 0.2) is 22.8 Å². The molecular weight excluding hydrogens is 288 g/mol. The van der Waals surface area contributed by atoms with Gasteiger partial charge in [-0.05, 0) is 53.9 Å². The molecule has 0 spiro atoms. The normalized spacial score (nSPS) is 18.8. The number of aromatic nitrogens is 1. The number of pyridine rings is 1. The molecule has 1 aromatic rings. The van der Waals surface area contributed by atoms with Crippen LogP contribution in [0.4, 0.5) is 0 Å². The van der Waals surface area contributed by atoms with E-state index < -0.39 is 0 Å². The topological polar surface area (TPSA) is 24.9 Å². The maximum Gasteiger partial charge on any atom is 0.0714 e. The number of hydrogen-bond donors (Lipinski definition) is 1. The van der Waals surface area contributed by atoms with Gasteiger partial charge in [0.05, 0.1) is 11.7 Å². The predicted octanol–water partition coefficient (Wildman–Crippen LogP) is 4.47. The Morgan fingerprint density at radius 2 is 2.17 bits per heavy atom. The van der Waals surface area contributed by atoms with Gasteiger partial charge in [-0.15, -0.1) is 0 Å². The van der Waals surface area contributed by atoms with Gasteiger partial charge >= 0.3 is 0 Å². The quantitative estimate of drug-likeness (QED) is 0.868. The van der Waals surface area contributed by atoms with Gasteiger partial charge in [0.2, 0.25) is 0 Å². The minimum atomic E-state index is 0.377.